The second-order valence-electron chi connectivity index (χ2n) is 8.69. The lowest BCUT2D eigenvalue weighted by Crippen LogP contribution is -2.50. The zero-order chi connectivity index (χ0) is 23.4. The lowest BCUT2D eigenvalue weighted by Gasteiger charge is -2.34. The molecule has 8 nitrogen and oxygen atoms in total. The van der Waals surface area contributed by atoms with E-state index in [9.17, 15) is 18.0 Å². The van der Waals surface area contributed by atoms with Gasteiger partial charge in [0.25, 0.3) is 5.91 Å². The van der Waals surface area contributed by atoms with Gasteiger partial charge >= 0.3 is 5.69 Å². The molecule has 1 amide bonds. The molecule has 34 heavy (non-hydrogen) atoms. The highest BCUT2D eigenvalue weighted by Crippen LogP contribution is 2.37. The summed E-state index contributed by atoms with van der Waals surface area (Å²) in [7, 11) is -3.74. The SMILES string of the molecule is O=C(c1ccc2c(c1)-c1ccccc1C2)N1CCN(S(=O)(=O)c2ccc3[nH]c(=O)[nH]c3c2)CC1. The zero-order valence-corrected chi connectivity index (χ0v) is 19.1. The van der Waals surface area contributed by atoms with Crippen molar-refractivity contribution in [1.29, 1.82) is 0 Å². The standard InChI is InChI=1S/C25H22N4O4S/c30-24(18-6-5-17-13-16-3-1-2-4-20(16)21(17)14-18)28-9-11-29(12-10-28)34(32,33)19-7-8-22-23(15-19)27-25(31)26-22/h1-8,14-15H,9-13H2,(H2,26,27,31). The topological polar surface area (TPSA) is 106 Å². The first kappa shape index (κ1) is 20.9. The molecule has 1 aliphatic carbocycles. The molecule has 3 aromatic carbocycles. The fraction of sp³-hybridized carbons (Fsp3) is 0.200. The van der Waals surface area contributed by atoms with Gasteiger partial charge in [-0.1, -0.05) is 30.3 Å². The predicted molar refractivity (Wildman–Crippen MR) is 128 cm³/mol. The molecule has 0 unspecified atom stereocenters. The van der Waals surface area contributed by atoms with Crippen molar-refractivity contribution in [2.24, 2.45) is 0 Å². The fourth-order valence-electron chi connectivity index (χ4n) is 4.89. The van der Waals surface area contributed by atoms with Gasteiger partial charge in [-0.05, 0) is 59.0 Å². The number of imidazole rings is 1. The first-order chi connectivity index (χ1) is 16.4. The van der Waals surface area contributed by atoms with Crippen LogP contribution < -0.4 is 5.69 Å². The summed E-state index contributed by atoms with van der Waals surface area (Å²) >= 11 is 0. The average Bonchev–Trinajstić information content (AvgIpc) is 3.42. The monoisotopic (exact) mass is 474 g/mol. The second-order valence-corrected chi connectivity index (χ2v) is 10.6. The summed E-state index contributed by atoms with van der Waals surface area (Å²) in [5, 5.41) is 0. The van der Waals surface area contributed by atoms with Crippen LogP contribution in [0.15, 0.2) is 70.4 Å². The maximum atomic E-state index is 13.2. The number of carbonyl (C=O) groups excluding carboxylic acids is 1. The third-order valence-electron chi connectivity index (χ3n) is 6.70. The molecule has 172 valence electrons. The third kappa shape index (κ3) is 3.36. The van der Waals surface area contributed by atoms with E-state index in [1.165, 1.54) is 33.1 Å². The van der Waals surface area contributed by atoms with Crippen molar-refractivity contribution in [1.82, 2.24) is 19.2 Å². The molecule has 0 saturated carbocycles. The number of aromatic amines is 2. The number of benzene rings is 3. The van der Waals surface area contributed by atoms with Gasteiger partial charge in [0.15, 0.2) is 0 Å². The number of sulfonamides is 1. The Bertz CT molecular complexity index is 1610. The van der Waals surface area contributed by atoms with Gasteiger partial charge in [0.2, 0.25) is 10.0 Å². The molecule has 6 rings (SSSR count). The number of carbonyl (C=O) groups is 1. The average molecular weight is 475 g/mol. The molecule has 9 heteroatoms. The van der Waals surface area contributed by atoms with Crippen molar-refractivity contribution in [3.63, 3.8) is 0 Å². The van der Waals surface area contributed by atoms with Crippen molar-refractivity contribution in [2.45, 2.75) is 11.3 Å². The summed E-state index contributed by atoms with van der Waals surface area (Å²) in [6.07, 6.45) is 0.874. The molecule has 1 aromatic heterocycles. The molecule has 2 aliphatic rings. The van der Waals surface area contributed by atoms with Gasteiger partial charge in [-0.25, -0.2) is 13.2 Å². The summed E-state index contributed by atoms with van der Waals surface area (Å²) in [5.41, 5.74) is 5.98. The number of nitrogens with zero attached hydrogens (tertiary/aromatic N) is 2. The van der Waals surface area contributed by atoms with Gasteiger partial charge in [0.1, 0.15) is 0 Å². The number of nitrogens with one attached hydrogen (secondary N) is 2. The summed E-state index contributed by atoms with van der Waals surface area (Å²) in [4.78, 5) is 31.7. The number of hydrogen-bond donors (Lipinski definition) is 2. The summed E-state index contributed by atoms with van der Waals surface area (Å²) in [6.45, 7) is 1.05. The lowest BCUT2D eigenvalue weighted by atomic mass is 10.0. The molecule has 2 heterocycles. The van der Waals surface area contributed by atoms with E-state index in [0.717, 1.165) is 12.0 Å². The first-order valence-corrected chi connectivity index (χ1v) is 12.6. The van der Waals surface area contributed by atoms with Crippen molar-refractivity contribution in [3.05, 3.63) is 87.8 Å². The number of fused-ring (bicyclic) bond motifs is 4. The van der Waals surface area contributed by atoms with Gasteiger partial charge in [-0.2, -0.15) is 4.31 Å². The first-order valence-electron chi connectivity index (χ1n) is 11.1. The Kier molecular flexibility index (Phi) is 4.72. The number of H-pyrrole nitrogens is 2. The number of rotatable bonds is 3. The molecular weight excluding hydrogens is 452 g/mol. The number of piperazine rings is 1. The fourth-order valence-corrected chi connectivity index (χ4v) is 6.34. The number of aromatic nitrogens is 2. The molecule has 0 radical (unpaired) electrons. The van der Waals surface area contributed by atoms with E-state index in [0.29, 0.717) is 29.7 Å². The lowest BCUT2D eigenvalue weighted by molar-refractivity contribution is 0.0698. The van der Waals surface area contributed by atoms with Crippen LogP contribution in [0.2, 0.25) is 0 Å². The normalized spacial score (nSPS) is 15.9. The molecule has 0 spiro atoms. The molecule has 0 bridgehead atoms. The Balaban J connectivity index is 1.19. The van der Waals surface area contributed by atoms with E-state index >= 15 is 0 Å². The third-order valence-corrected chi connectivity index (χ3v) is 8.59. The molecule has 0 atom stereocenters. The molecular formula is C25H22N4O4S. The molecule has 1 aliphatic heterocycles. The Morgan fingerprint density at radius 2 is 1.53 bits per heavy atom. The van der Waals surface area contributed by atoms with E-state index in [1.807, 2.05) is 30.3 Å². The molecule has 2 N–H and O–H groups in total. The Labute approximate surface area is 195 Å². The quantitative estimate of drug-likeness (QED) is 0.419. The van der Waals surface area contributed by atoms with Crippen LogP contribution in [0.3, 0.4) is 0 Å². The van der Waals surface area contributed by atoms with Crippen molar-refractivity contribution >= 4 is 27.0 Å². The summed E-state index contributed by atoms with van der Waals surface area (Å²) in [5.74, 6) is -0.0875. The van der Waals surface area contributed by atoms with E-state index < -0.39 is 10.0 Å². The summed E-state index contributed by atoms with van der Waals surface area (Å²) in [6, 6.07) is 18.6. The maximum Gasteiger partial charge on any atom is 0.323 e. The second kappa shape index (κ2) is 7.68. The van der Waals surface area contributed by atoms with E-state index in [1.54, 1.807) is 11.0 Å². The highest BCUT2D eigenvalue weighted by atomic mass is 32.2. The van der Waals surface area contributed by atoms with Gasteiger partial charge in [-0.15, -0.1) is 0 Å². The van der Waals surface area contributed by atoms with Crippen LogP contribution in [0.5, 0.6) is 0 Å². The largest absolute Gasteiger partial charge is 0.336 e. The van der Waals surface area contributed by atoms with Crippen LogP contribution in [-0.2, 0) is 16.4 Å². The van der Waals surface area contributed by atoms with Crippen LogP contribution in [0, 0.1) is 0 Å². The van der Waals surface area contributed by atoms with Gasteiger partial charge in [0.05, 0.1) is 15.9 Å². The number of hydrogen-bond acceptors (Lipinski definition) is 4. The van der Waals surface area contributed by atoms with E-state index in [2.05, 4.69) is 22.1 Å². The van der Waals surface area contributed by atoms with Crippen LogP contribution in [0.4, 0.5) is 0 Å². The van der Waals surface area contributed by atoms with Crippen LogP contribution in [0.25, 0.3) is 22.2 Å². The van der Waals surface area contributed by atoms with Crippen LogP contribution >= 0.6 is 0 Å². The van der Waals surface area contributed by atoms with Crippen molar-refractivity contribution in [2.75, 3.05) is 26.2 Å². The molecule has 1 fully saturated rings. The molecule has 4 aromatic rings. The zero-order valence-electron chi connectivity index (χ0n) is 18.2. The minimum absolute atomic E-state index is 0.0875. The van der Waals surface area contributed by atoms with E-state index in [4.69, 9.17) is 0 Å². The number of amides is 1. The summed E-state index contributed by atoms with van der Waals surface area (Å²) < 4.78 is 27.7. The van der Waals surface area contributed by atoms with E-state index in [-0.39, 0.29) is 29.6 Å². The smallest absolute Gasteiger partial charge is 0.323 e. The Morgan fingerprint density at radius 3 is 2.35 bits per heavy atom. The van der Waals surface area contributed by atoms with Gasteiger partial charge in [0, 0.05) is 31.7 Å². The van der Waals surface area contributed by atoms with Crippen molar-refractivity contribution < 1.29 is 13.2 Å². The highest BCUT2D eigenvalue weighted by Gasteiger charge is 2.31. The Morgan fingerprint density at radius 1 is 0.794 bits per heavy atom. The van der Waals surface area contributed by atoms with Crippen LogP contribution in [-0.4, -0.2) is 59.7 Å². The Hall–Kier alpha value is -3.69. The van der Waals surface area contributed by atoms with Gasteiger partial charge < -0.3 is 14.9 Å². The minimum Gasteiger partial charge on any atom is -0.336 e. The highest BCUT2D eigenvalue weighted by molar-refractivity contribution is 7.89. The van der Waals surface area contributed by atoms with Gasteiger partial charge in [-0.3, -0.25) is 4.79 Å². The molecule has 1 saturated heterocycles. The predicted octanol–water partition coefficient (Wildman–Crippen LogP) is 2.57. The maximum absolute atomic E-state index is 13.2. The van der Waals surface area contributed by atoms with Crippen LogP contribution in [0.1, 0.15) is 21.5 Å². The minimum atomic E-state index is -3.74. The van der Waals surface area contributed by atoms with Crippen molar-refractivity contribution in [3.8, 4) is 11.1 Å².